The normalized spacial score (nSPS) is 18.6. The minimum atomic E-state index is -4.51. The Balaban J connectivity index is 2.23. The Kier molecular flexibility index (Phi) is 5.29. The third-order valence-electron chi connectivity index (χ3n) is 4.56. The van der Waals surface area contributed by atoms with Gasteiger partial charge in [0.2, 0.25) is 5.91 Å². The second kappa shape index (κ2) is 6.93. The maximum atomic E-state index is 12.9. The van der Waals surface area contributed by atoms with Crippen molar-refractivity contribution in [2.24, 2.45) is 13.0 Å². The Hall–Kier alpha value is -2.25. The van der Waals surface area contributed by atoms with Gasteiger partial charge in [-0.2, -0.15) is 13.2 Å². The van der Waals surface area contributed by atoms with Crippen LogP contribution in [0.15, 0.2) is 24.8 Å². The van der Waals surface area contributed by atoms with Crippen LogP contribution in [0.3, 0.4) is 0 Å². The van der Waals surface area contributed by atoms with Crippen LogP contribution in [0.5, 0.6) is 0 Å². The van der Waals surface area contributed by atoms with E-state index in [-0.39, 0.29) is 36.7 Å². The smallest absolute Gasteiger partial charge is 0.336 e. The summed E-state index contributed by atoms with van der Waals surface area (Å²) in [5, 5.41) is 0. The van der Waals surface area contributed by atoms with Crippen molar-refractivity contribution in [3.8, 4) is 0 Å². The maximum absolute atomic E-state index is 12.9. The average molecular weight is 357 g/mol. The summed E-state index contributed by atoms with van der Waals surface area (Å²) in [5.41, 5.74) is -0.880. The molecule has 0 spiro atoms. The second-order valence-electron chi connectivity index (χ2n) is 6.46. The van der Waals surface area contributed by atoms with Gasteiger partial charge in [-0.15, -0.1) is 0 Å². The zero-order valence-electron chi connectivity index (χ0n) is 14.5. The quantitative estimate of drug-likeness (QED) is 0.781. The van der Waals surface area contributed by atoms with Crippen molar-refractivity contribution in [2.75, 3.05) is 19.6 Å². The number of nitrogens with zero attached hydrogens (tertiary/aromatic N) is 3. The van der Waals surface area contributed by atoms with Crippen molar-refractivity contribution in [3.63, 3.8) is 0 Å². The molecule has 0 aromatic carbocycles. The minimum Gasteiger partial charge on any atom is -0.336 e. The lowest BCUT2D eigenvalue weighted by molar-refractivity contribution is -0.143. The number of amides is 2. The van der Waals surface area contributed by atoms with E-state index in [2.05, 4.69) is 6.58 Å². The van der Waals surface area contributed by atoms with Crippen LogP contribution >= 0.6 is 0 Å². The summed E-state index contributed by atoms with van der Waals surface area (Å²) in [6.45, 7) is 8.24. The van der Waals surface area contributed by atoms with E-state index < -0.39 is 17.8 Å². The van der Waals surface area contributed by atoms with Gasteiger partial charge in [-0.25, -0.2) is 0 Å². The first-order valence-electron chi connectivity index (χ1n) is 8.03. The lowest BCUT2D eigenvalue weighted by Gasteiger charge is -2.43. The number of alkyl halides is 3. The second-order valence-corrected chi connectivity index (χ2v) is 6.46. The molecule has 5 nitrogen and oxygen atoms in total. The summed E-state index contributed by atoms with van der Waals surface area (Å²) in [6, 6.07) is 1.90. The zero-order valence-corrected chi connectivity index (χ0v) is 14.5. The molecule has 0 aliphatic carbocycles. The summed E-state index contributed by atoms with van der Waals surface area (Å²) >= 11 is 0. The molecule has 1 aromatic heterocycles. The fraction of sp³-hybridized carbons (Fsp3) is 0.529. The Morgan fingerprint density at radius 3 is 2.40 bits per heavy atom. The lowest BCUT2D eigenvalue weighted by Crippen LogP contribution is -2.58. The predicted octanol–water partition coefficient (Wildman–Crippen LogP) is 2.54. The largest absolute Gasteiger partial charge is 0.431 e. The number of hydrogen-bond acceptors (Lipinski definition) is 2. The van der Waals surface area contributed by atoms with Crippen LogP contribution in [-0.4, -0.2) is 51.9 Å². The topological polar surface area (TPSA) is 45.6 Å². The molecule has 0 N–H and O–H groups in total. The van der Waals surface area contributed by atoms with Gasteiger partial charge in [0, 0.05) is 26.7 Å². The Labute approximate surface area is 144 Å². The fourth-order valence-corrected chi connectivity index (χ4v) is 3.13. The van der Waals surface area contributed by atoms with Gasteiger partial charge in [0.1, 0.15) is 11.4 Å². The first kappa shape index (κ1) is 19.1. The van der Waals surface area contributed by atoms with E-state index in [1.165, 1.54) is 24.1 Å². The third kappa shape index (κ3) is 3.72. The monoisotopic (exact) mass is 357 g/mol. The van der Waals surface area contributed by atoms with Crippen molar-refractivity contribution < 1.29 is 22.8 Å². The molecule has 0 radical (unpaired) electrons. The van der Waals surface area contributed by atoms with Gasteiger partial charge in [-0.05, 0) is 24.1 Å². The van der Waals surface area contributed by atoms with Crippen molar-refractivity contribution in [1.29, 1.82) is 0 Å². The molecular formula is C17H22F3N3O2. The van der Waals surface area contributed by atoms with E-state index in [4.69, 9.17) is 0 Å². The van der Waals surface area contributed by atoms with E-state index in [0.29, 0.717) is 6.54 Å². The molecule has 1 saturated heterocycles. The van der Waals surface area contributed by atoms with Crippen LogP contribution < -0.4 is 0 Å². The molecule has 0 bridgehead atoms. The van der Waals surface area contributed by atoms with Crippen molar-refractivity contribution in [3.05, 3.63) is 36.2 Å². The van der Waals surface area contributed by atoms with Gasteiger partial charge in [0.15, 0.2) is 0 Å². The Bertz CT molecular complexity index is 679. The van der Waals surface area contributed by atoms with E-state index >= 15 is 0 Å². The van der Waals surface area contributed by atoms with Crippen molar-refractivity contribution >= 4 is 11.8 Å². The van der Waals surface area contributed by atoms with Crippen LogP contribution in [0.4, 0.5) is 13.2 Å². The van der Waals surface area contributed by atoms with Crippen LogP contribution in [0.25, 0.3) is 0 Å². The van der Waals surface area contributed by atoms with Gasteiger partial charge in [-0.1, -0.05) is 20.4 Å². The minimum absolute atomic E-state index is 0.0154. The van der Waals surface area contributed by atoms with Crippen LogP contribution in [0, 0.1) is 5.92 Å². The molecular weight excluding hydrogens is 335 g/mol. The van der Waals surface area contributed by atoms with E-state index in [1.807, 2.05) is 13.8 Å². The van der Waals surface area contributed by atoms with Crippen molar-refractivity contribution in [2.45, 2.75) is 26.1 Å². The highest BCUT2D eigenvalue weighted by Gasteiger charge is 2.37. The Morgan fingerprint density at radius 1 is 1.28 bits per heavy atom. The highest BCUT2D eigenvalue weighted by Crippen LogP contribution is 2.30. The first-order valence-corrected chi connectivity index (χ1v) is 8.03. The highest BCUT2D eigenvalue weighted by atomic mass is 19.4. The van der Waals surface area contributed by atoms with Crippen molar-refractivity contribution in [1.82, 2.24) is 14.4 Å². The van der Waals surface area contributed by atoms with Crippen LogP contribution in [0.2, 0.25) is 0 Å². The molecule has 1 aliphatic heterocycles. The summed E-state index contributed by atoms with van der Waals surface area (Å²) in [4.78, 5) is 27.8. The summed E-state index contributed by atoms with van der Waals surface area (Å²) in [5.74, 6) is -0.572. The van der Waals surface area contributed by atoms with Crippen LogP contribution in [-0.2, 0) is 18.0 Å². The summed E-state index contributed by atoms with van der Waals surface area (Å²) < 4.78 is 39.6. The Morgan fingerprint density at radius 2 is 1.92 bits per heavy atom. The van der Waals surface area contributed by atoms with Gasteiger partial charge in [-0.3, -0.25) is 9.59 Å². The fourth-order valence-electron chi connectivity index (χ4n) is 3.13. The molecule has 2 rings (SSSR count). The molecule has 1 atom stereocenters. The molecule has 138 valence electrons. The van der Waals surface area contributed by atoms with Gasteiger partial charge < -0.3 is 14.4 Å². The molecule has 1 aliphatic rings. The summed E-state index contributed by atoms with van der Waals surface area (Å²) in [6.07, 6.45) is -3.28. The molecule has 25 heavy (non-hydrogen) atoms. The van der Waals surface area contributed by atoms with E-state index in [1.54, 1.807) is 4.90 Å². The van der Waals surface area contributed by atoms with E-state index in [0.717, 1.165) is 10.6 Å². The van der Waals surface area contributed by atoms with Gasteiger partial charge in [0.05, 0.1) is 6.04 Å². The zero-order chi connectivity index (χ0) is 18.9. The predicted molar refractivity (Wildman–Crippen MR) is 86.9 cm³/mol. The highest BCUT2D eigenvalue weighted by molar-refractivity contribution is 5.93. The molecule has 0 unspecified atom stereocenters. The summed E-state index contributed by atoms with van der Waals surface area (Å²) in [7, 11) is 1.23. The first-order chi connectivity index (χ1) is 11.6. The maximum Gasteiger partial charge on any atom is 0.431 e. The number of hydrogen-bond donors (Lipinski definition) is 0. The molecule has 0 saturated carbocycles. The number of halogens is 3. The molecule has 1 aromatic rings. The molecule has 8 heteroatoms. The van der Waals surface area contributed by atoms with Gasteiger partial charge in [0.25, 0.3) is 5.91 Å². The number of piperazine rings is 1. The standard InChI is InChI=1S/C17H22F3N3O2/c1-5-15(24)23-9-8-22(10-13(23)11(2)3)16(25)12-6-7-14(21(12)4)17(18,19)20/h5-7,11,13H,1,8-10H2,2-4H3/t13-/m1/s1. The third-order valence-corrected chi connectivity index (χ3v) is 4.56. The average Bonchev–Trinajstić information content (AvgIpc) is 2.94. The van der Waals surface area contributed by atoms with Gasteiger partial charge >= 0.3 is 6.18 Å². The van der Waals surface area contributed by atoms with Crippen LogP contribution in [0.1, 0.15) is 30.0 Å². The lowest BCUT2D eigenvalue weighted by atomic mass is 9.99. The molecule has 1 fully saturated rings. The number of carbonyl (C=O) groups is 2. The number of rotatable bonds is 3. The SMILES string of the molecule is C=CC(=O)N1CCN(C(=O)c2ccc(C(F)(F)F)n2C)C[C@@H]1C(C)C. The molecule has 2 heterocycles. The number of carbonyl (C=O) groups excluding carboxylic acids is 2. The molecule has 2 amide bonds. The van der Waals surface area contributed by atoms with E-state index in [9.17, 15) is 22.8 Å². The number of aromatic nitrogens is 1.